The van der Waals surface area contributed by atoms with Crippen LogP contribution in [0.1, 0.15) is 6.92 Å². The smallest absolute Gasteiger partial charge is 0.390 e. The Hall–Kier alpha value is -1.30. The van der Waals surface area contributed by atoms with Crippen molar-refractivity contribution in [3.63, 3.8) is 0 Å². The minimum Gasteiger partial charge on any atom is -0.403 e. The molecule has 48 valence electrons. The normalized spacial score (nSPS) is 10.1. The van der Waals surface area contributed by atoms with Gasteiger partial charge in [-0.05, 0) is 0 Å². The molecular formula is C6H7NO2. The molecule has 0 saturated heterocycles. The summed E-state index contributed by atoms with van der Waals surface area (Å²) in [5.41, 5.74) is 0. The van der Waals surface area contributed by atoms with Crippen molar-refractivity contribution in [1.29, 1.82) is 0 Å². The van der Waals surface area contributed by atoms with E-state index in [0.29, 0.717) is 0 Å². The number of nitrogens with zero attached hydrogens (tertiary/aromatic N) is 1. The fraction of sp³-hybridized carbons (Fsp3) is 0.333. The molecule has 0 N–H and O–H groups in total. The van der Waals surface area contributed by atoms with E-state index < -0.39 is 5.97 Å². The first kappa shape index (κ1) is 7.70. The van der Waals surface area contributed by atoms with Crippen LogP contribution in [0.5, 0.6) is 0 Å². The van der Waals surface area contributed by atoms with Crippen molar-refractivity contribution in [3.05, 3.63) is 0 Å². The second-order valence-corrected chi connectivity index (χ2v) is 1.28. The number of aliphatic imine (C=N–C) groups is 1. The predicted octanol–water partition coefficient (Wildman–Crippen LogP) is 0.211. The quantitative estimate of drug-likeness (QED) is 0.153. The summed E-state index contributed by atoms with van der Waals surface area (Å²) in [5, 5.41) is 0. The van der Waals surface area contributed by atoms with Gasteiger partial charge in [0, 0.05) is 19.9 Å². The first-order valence-corrected chi connectivity index (χ1v) is 2.32. The Morgan fingerprint density at radius 2 is 2.33 bits per heavy atom. The van der Waals surface area contributed by atoms with Crippen LogP contribution in [0.25, 0.3) is 0 Å². The van der Waals surface area contributed by atoms with Crippen LogP contribution in [0.3, 0.4) is 0 Å². The summed E-state index contributed by atoms with van der Waals surface area (Å²) in [6.45, 7) is 1.55. The molecule has 0 aromatic heterocycles. The largest absolute Gasteiger partial charge is 0.403 e. The van der Waals surface area contributed by atoms with Crippen LogP contribution in [0.15, 0.2) is 4.99 Å². The molecule has 9 heavy (non-hydrogen) atoms. The Morgan fingerprint density at radius 1 is 1.78 bits per heavy atom. The molecule has 0 unspecified atom stereocenters. The molecule has 0 amide bonds. The van der Waals surface area contributed by atoms with E-state index >= 15 is 0 Å². The summed E-state index contributed by atoms with van der Waals surface area (Å²) in [6.07, 6.45) is 4.70. The van der Waals surface area contributed by atoms with E-state index in [1.807, 2.05) is 0 Å². The van der Waals surface area contributed by atoms with Crippen LogP contribution in [-0.4, -0.2) is 18.9 Å². The first-order valence-electron chi connectivity index (χ1n) is 2.32. The van der Waals surface area contributed by atoms with Crippen molar-refractivity contribution < 1.29 is 9.53 Å². The topological polar surface area (TPSA) is 38.7 Å². The van der Waals surface area contributed by atoms with Crippen molar-refractivity contribution in [2.75, 3.05) is 7.05 Å². The highest BCUT2D eigenvalue weighted by atomic mass is 16.5. The van der Waals surface area contributed by atoms with Crippen molar-refractivity contribution in [2.45, 2.75) is 6.92 Å². The first-order chi connectivity index (χ1) is 4.20. The molecule has 0 fully saturated rings. The summed E-state index contributed by atoms with van der Waals surface area (Å²) in [5.74, 6) is 1.35. The highest BCUT2D eigenvalue weighted by Crippen LogP contribution is 1.79. The van der Waals surface area contributed by atoms with Gasteiger partial charge in [0.05, 0.1) is 0 Å². The lowest BCUT2D eigenvalue weighted by atomic mass is 10.7. The van der Waals surface area contributed by atoms with Crippen LogP contribution in [0.2, 0.25) is 0 Å². The maximum absolute atomic E-state index is 10.2. The second-order valence-electron chi connectivity index (χ2n) is 1.28. The van der Waals surface area contributed by atoms with E-state index in [2.05, 4.69) is 9.73 Å². The maximum atomic E-state index is 10.2. The van der Waals surface area contributed by atoms with Gasteiger partial charge in [-0.1, -0.05) is 0 Å². The van der Waals surface area contributed by atoms with Gasteiger partial charge in [0.25, 0.3) is 0 Å². The van der Waals surface area contributed by atoms with Crippen LogP contribution in [-0.2, 0) is 9.53 Å². The van der Waals surface area contributed by atoms with Gasteiger partial charge in [-0.15, -0.1) is 6.42 Å². The minimum absolute atomic E-state index is 0.276. The molecule has 0 aliphatic heterocycles. The lowest BCUT2D eigenvalue weighted by Gasteiger charge is -1.93. The number of ether oxygens (including phenoxy) is 1. The van der Waals surface area contributed by atoms with Gasteiger partial charge in [0.2, 0.25) is 0 Å². The highest BCUT2D eigenvalue weighted by molar-refractivity contribution is 5.96. The zero-order chi connectivity index (χ0) is 7.28. The number of esters is 1. The van der Waals surface area contributed by atoms with E-state index in [1.165, 1.54) is 7.05 Å². The minimum atomic E-state index is -0.710. The van der Waals surface area contributed by atoms with Gasteiger partial charge in [0.1, 0.15) is 0 Å². The summed E-state index contributed by atoms with van der Waals surface area (Å²) in [7, 11) is 1.51. The second kappa shape index (κ2) is 3.67. The number of terminal acetylenes is 1. The third-order valence-electron chi connectivity index (χ3n) is 0.673. The van der Waals surface area contributed by atoms with Crippen molar-refractivity contribution >= 4 is 11.9 Å². The highest BCUT2D eigenvalue weighted by Gasteiger charge is 1.96. The lowest BCUT2D eigenvalue weighted by Crippen LogP contribution is -2.05. The maximum Gasteiger partial charge on any atom is 0.390 e. The van der Waals surface area contributed by atoms with Crippen LogP contribution >= 0.6 is 0 Å². The molecule has 3 nitrogen and oxygen atoms in total. The molecule has 0 heterocycles. The molecule has 0 rings (SSSR count). The number of hydrogen-bond acceptors (Lipinski definition) is 3. The van der Waals surface area contributed by atoms with Gasteiger partial charge in [-0.25, -0.2) is 4.79 Å². The van der Waals surface area contributed by atoms with E-state index in [-0.39, 0.29) is 5.90 Å². The van der Waals surface area contributed by atoms with Gasteiger partial charge in [-0.3, -0.25) is 4.99 Å². The molecule has 0 bridgehead atoms. The zero-order valence-electron chi connectivity index (χ0n) is 5.34. The SMILES string of the molecule is C#CC(=O)OC(C)=NC. The average Bonchev–Trinajstić information content (AvgIpc) is 1.87. The lowest BCUT2D eigenvalue weighted by molar-refractivity contribution is -0.129. The van der Waals surface area contributed by atoms with Gasteiger partial charge in [0.15, 0.2) is 5.90 Å². The van der Waals surface area contributed by atoms with Gasteiger partial charge < -0.3 is 4.74 Å². The van der Waals surface area contributed by atoms with Crippen LogP contribution in [0, 0.1) is 12.3 Å². The fourth-order valence-corrected chi connectivity index (χ4v) is 0.209. The molecule has 0 radical (unpaired) electrons. The molecule has 0 aromatic carbocycles. The Bertz CT molecular complexity index is 176. The van der Waals surface area contributed by atoms with Crippen molar-refractivity contribution in [3.8, 4) is 12.3 Å². The van der Waals surface area contributed by atoms with E-state index in [9.17, 15) is 4.79 Å². The van der Waals surface area contributed by atoms with E-state index in [4.69, 9.17) is 6.42 Å². The predicted molar refractivity (Wildman–Crippen MR) is 34.0 cm³/mol. The van der Waals surface area contributed by atoms with Gasteiger partial charge in [-0.2, -0.15) is 0 Å². The van der Waals surface area contributed by atoms with E-state index in [0.717, 1.165) is 0 Å². The number of hydrogen-bond donors (Lipinski definition) is 0. The Labute approximate surface area is 53.7 Å². The number of carbonyl (C=O) groups is 1. The number of rotatable bonds is 0. The fourth-order valence-electron chi connectivity index (χ4n) is 0.209. The van der Waals surface area contributed by atoms with Gasteiger partial charge >= 0.3 is 5.97 Å². The number of carbonyl (C=O) groups excluding carboxylic acids is 1. The summed E-state index contributed by atoms with van der Waals surface area (Å²) >= 11 is 0. The van der Waals surface area contributed by atoms with Crippen LogP contribution < -0.4 is 0 Å². The Balaban J connectivity index is 3.78. The average molecular weight is 125 g/mol. The zero-order valence-corrected chi connectivity index (χ0v) is 5.34. The molecule has 0 aliphatic rings. The van der Waals surface area contributed by atoms with Crippen molar-refractivity contribution in [1.82, 2.24) is 0 Å². The Kier molecular flexibility index (Phi) is 3.14. The molecule has 0 saturated carbocycles. The molecule has 0 aliphatic carbocycles. The van der Waals surface area contributed by atoms with Crippen molar-refractivity contribution in [2.24, 2.45) is 4.99 Å². The summed E-state index contributed by atoms with van der Waals surface area (Å²) in [4.78, 5) is 13.8. The summed E-state index contributed by atoms with van der Waals surface area (Å²) < 4.78 is 4.42. The van der Waals surface area contributed by atoms with Crippen LogP contribution in [0.4, 0.5) is 0 Å². The molecule has 0 aromatic rings. The molecular weight excluding hydrogens is 118 g/mol. The third-order valence-corrected chi connectivity index (χ3v) is 0.673. The summed E-state index contributed by atoms with van der Waals surface area (Å²) in [6, 6.07) is 0. The van der Waals surface area contributed by atoms with E-state index in [1.54, 1.807) is 12.8 Å². The molecule has 3 heteroatoms. The molecule has 0 spiro atoms. The monoisotopic (exact) mass is 125 g/mol. The third kappa shape index (κ3) is 3.30. The Morgan fingerprint density at radius 3 is 2.67 bits per heavy atom. The molecule has 0 atom stereocenters. The standard InChI is InChI=1S/C6H7NO2/c1-4-6(8)9-5(2)7-3/h1H,2-3H3.